The minimum Gasteiger partial charge on any atom is -0.313 e. The molecule has 0 saturated heterocycles. The Balaban J connectivity index is 2.26. The summed E-state index contributed by atoms with van der Waals surface area (Å²) in [5.41, 5.74) is 3.07. The number of nitrogens with zero attached hydrogens (tertiary/aromatic N) is 4. The second-order valence-electron chi connectivity index (χ2n) is 4.41. The van der Waals surface area contributed by atoms with Crippen LogP contribution < -0.4 is 5.32 Å². The third kappa shape index (κ3) is 2.93. The van der Waals surface area contributed by atoms with Crippen molar-refractivity contribution in [1.29, 1.82) is 0 Å². The van der Waals surface area contributed by atoms with Gasteiger partial charge >= 0.3 is 0 Å². The highest BCUT2D eigenvalue weighted by molar-refractivity contribution is 6.31. The van der Waals surface area contributed by atoms with Crippen LogP contribution in [0, 0.1) is 0 Å². The quantitative estimate of drug-likeness (QED) is 0.909. The molecule has 1 atom stereocenters. The Morgan fingerprint density at radius 2 is 2.21 bits per heavy atom. The van der Waals surface area contributed by atoms with Gasteiger partial charge in [0.1, 0.15) is 0 Å². The first kappa shape index (κ1) is 14.0. The molecule has 0 aliphatic rings. The molecular weight excluding hydrogens is 262 g/mol. The van der Waals surface area contributed by atoms with E-state index >= 15 is 0 Å². The maximum atomic E-state index is 6.38. The van der Waals surface area contributed by atoms with Crippen molar-refractivity contribution < 1.29 is 0 Å². The normalized spacial score (nSPS) is 12.6. The van der Waals surface area contributed by atoms with E-state index in [1.807, 2.05) is 24.8 Å². The largest absolute Gasteiger partial charge is 0.313 e. The second-order valence-corrected chi connectivity index (χ2v) is 4.78. The topological polar surface area (TPSA) is 55.6 Å². The average Bonchev–Trinajstić information content (AvgIpc) is 2.72. The van der Waals surface area contributed by atoms with E-state index in [2.05, 4.69) is 27.5 Å². The summed E-state index contributed by atoms with van der Waals surface area (Å²) in [5.74, 6) is 0. The Kier molecular flexibility index (Phi) is 4.50. The molecule has 0 radical (unpaired) electrons. The SMILES string of the molecule is CCc1nn(C)c(CC(NC)c2ccnnc2)c1Cl. The predicted octanol–water partition coefficient (Wildman–Crippen LogP) is 1.93. The first-order chi connectivity index (χ1) is 9.17. The number of nitrogens with one attached hydrogen (secondary N) is 1. The van der Waals surface area contributed by atoms with Crippen LogP contribution in [-0.4, -0.2) is 27.0 Å². The van der Waals surface area contributed by atoms with E-state index < -0.39 is 0 Å². The molecule has 0 spiro atoms. The molecule has 1 unspecified atom stereocenters. The van der Waals surface area contributed by atoms with Crippen molar-refractivity contribution in [3.63, 3.8) is 0 Å². The van der Waals surface area contributed by atoms with E-state index in [9.17, 15) is 0 Å². The molecule has 0 aliphatic carbocycles. The van der Waals surface area contributed by atoms with Crippen LogP contribution in [0.5, 0.6) is 0 Å². The van der Waals surface area contributed by atoms with Gasteiger partial charge in [-0.15, -0.1) is 0 Å². The molecule has 0 saturated carbocycles. The summed E-state index contributed by atoms with van der Waals surface area (Å²) in [6, 6.07) is 2.10. The molecule has 5 nitrogen and oxygen atoms in total. The summed E-state index contributed by atoms with van der Waals surface area (Å²) in [5, 5.41) is 16.2. The molecule has 0 amide bonds. The lowest BCUT2D eigenvalue weighted by atomic mass is 10.0. The Hall–Kier alpha value is -1.46. The summed E-state index contributed by atoms with van der Waals surface area (Å²) >= 11 is 6.38. The van der Waals surface area contributed by atoms with Crippen molar-refractivity contribution in [1.82, 2.24) is 25.3 Å². The minimum absolute atomic E-state index is 0.146. The van der Waals surface area contributed by atoms with Gasteiger partial charge in [-0.05, 0) is 25.1 Å². The molecule has 0 aliphatic heterocycles. The molecule has 2 rings (SSSR count). The van der Waals surface area contributed by atoms with Gasteiger partial charge in [-0.25, -0.2) is 0 Å². The van der Waals surface area contributed by atoms with Crippen molar-refractivity contribution in [2.24, 2.45) is 7.05 Å². The van der Waals surface area contributed by atoms with Gasteiger partial charge in [0.05, 0.1) is 22.6 Å². The van der Waals surface area contributed by atoms with Crippen LogP contribution in [0.15, 0.2) is 18.5 Å². The number of aromatic nitrogens is 4. The molecule has 2 aromatic heterocycles. The summed E-state index contributed by atoms with van der Waals surface area (Å²) < 4.78 is 1.86. The Morgan fingerprint density at radius 1 is 1.42 bits per heavy atom. The predicted molar refractivity (Wildman–Crippen MR) is 75.1 cm³/mol. The standard InChI is InChI=1S/C13H18ClN5/c1-4-10-13(14)12(19(3)18-10)7-11(15-2)9-5-6-16-17-8-9/h5-6,8,11,15H,4,7H2,1-3H3. The zero-order chi connectivity index (χ0) is 13.8. The van der Waals surface area contributed by atoms with Crippen LogP contribution in [0.25, 0.3) is 0 Å². The highest BCUT2D eigenvalue weighted by atomic mass is 35.5. The number of rotatable bonds is 5. The maximum absolute atomic E-state index is 6.38. The third-order valence-corrected chi connectivity index (χ3v) is 3.69. The van der Waals surface area contributed by atoms with Gasteiger partial charge in [0.2, 0.25) is 0 Å². The average molecular weight is 280 g/mol. The fraction of sp³-hybridized carbons (Fsp3) is 0.462. The number of hydrogen-bond acceptors (Lipinski definition) is 4. The minimum atomic E-state index is 0.146. The number of aryl methyl sites for hydroxylation is 2. The van der Waals surface area contributed by atoms with Gasteiger partial charge < -0.3 is 5.32 Å². The molecule has 0 fully saturated rings. The molecule has 102 valence electrons. The van der Waals surface area contributed by atoms with E-state index in [-0.39, 0.29) is 6.04 Å². The monoisotopic (exact) mass is 279 g/mol. The maximum Gasteiger partial charge on any atom is 0.0850 e. The van der Waals surface area contributed by atoms with E-state index in [0.717, 1.165) is 34.8 Å². The Labute approximate surface area is 118 Å². The lowest BCUT2D eigenvalue weighted by molar-refractivity contribution is 0.558. The zero-order valence-electron chi connectivity index (χ0n) is 11.4. The summed E-state index contributed by atoms with van der Waals surface area (Å²) in [6.45, 7) is 2.06. The van der Waals surface area contributed by atoms with Crippen molar-refractivity contribution in [3.05, 3.63) is 40.4 Å². The van der Waals surface area contributed by atoms with Crippen LogP contribution in [0.2, 0.25) is 5.02 Å². The van der Waals surface area contributed by atoms with Crippen molar-refractivity contribution in [2.75, 3.05) is 7.05 Å². The summed E-state index contributed by atoms with van der Waals surface area (Å²) in [7, 11) is 3.86. The Bertz CT molecular complexity index is 537. The summed E-state index contributed by atoms with van der Waals surface area (Å²) in [4.78, 5) is 0. The second kappa shape index (κ2) is 6.12. The highest BCUT2D eigenvalue weighted by Crippen LogP contribution is 2.25. The van der Waals surface area contributed by atoms with E-state index in [1.54, 1.807) is 12.4 Å². The van der Waals surface area contributed by atoms with Crippen LogP contribution in [0.1, 0.15) is 29.9 Å². The van der Waals surface area contributed by atoms with E-state index in [1.165, 1.54) is 0 Å². The fourth-order valence-corrected chi connectivity index (χ4v) is 2.50. The van der Waals surface area contributed by atoms with Crippen LogP contribution in [0.4, 0.5) is 0 Å². The molecule has 6 heteroatoms. The first-order valence-corrected chi connectivity index (χ1v) is 6.69. The van der Waals surface area contributed by atoms with Gasteiger partial charge in [-0.2, -0.15) is 15.3 Å². The fourth-order valence-electron chi connectivity index (χ4n) is 2.13. The van der Waals surface area contributed by atoms with Gasteiger partial charge in [0.25, 0.3) is 0 Å². The Morgan fingerprint density at radius 3 is 2.74 bits per heavy atom. The molecular formula is C13H18ClN5. The molecule has 2 heterocycles. The first-order valence-electron chi connectivity index (χ1n) is 6.31. The van der Waals surface area contributed by atoms with Gasteiger partial charge in [-0.3, -0.25) is 4.68 Å². The zero-order valence-corrected chi connectivity index (χ0v) is 12.1. The molecule has 1 N–H and O–H groups in total. The van der Waals surface area contributed by atoms with Crippen LogP contribution >= 0.6 is 11.6 Å². The molecule has 0 bridgehead atoms. The van der Waals surface area contributed by atoms with Gasteiger partial charge in [0.15, 0.2) is 0 Å². The van der Waals surface area contributed by atoms with Gasteiger partial charge in [-0.1, -0.05) is 18.5 Å². The van der Waals surface area contributed by atoms with E-state index in [4.69, 9.17) is 11.6 Å². The molecule has 19 heavy (non-hydrogen) atoms. The molecule has 2 aromatic rings. The lowest BCUT2D eigenvalue weighted by Gasteiger charge is -2.16. The highest BCUT2D eigenvalue weighted by Gasteiger charge is 2.18. The third-order valence-electron chi connectivity index (χ3n) is 3.26. The van der Waals surface area contributed by atoms with E-state index in [0.29, 0.717) is 0 Å². The molecule has 0 aromatic carbocycles. The van der Waals surface area contributed by atoms with Crippen molar-refractivity contribution >= 4 is 11.6 Å². The van der Waals surface area contributed by atoms with Crippen molar-refractivity contribution in [2.45, 2.75) is 25.8 Å². The number of likely N-dealkylation sites (N-methyl/N-ethyl adjacent to an activating group) is 1. The summed E-state index contributed by atoms with van der Waals surface area (Å²) in [6.07, 6.45) is 5.08. The van der Waals surface area contributed by atoms with Crippen LogP contribution in [-0.2, 0) is 19.9 Å². The van der Waals surface area contributed by atoms with Gasteiger partial charge in [0, 0.05) is 25.7 Å². The smallest absolute Gasteiger partial charge is 0.0850 e. The van der Waals surface area contributed by atoms with Crippen LogP contribution in [0.3, 0.4) is 0 Å². The number of halogens is 1. The lowest BCUT2D eigenvalue weighted by Crippen LogP contribution is -2.20. The number of hydrogen-bond donors (Lipinski definition) is 1. The van der Waals surface area contributed by atoms with Crippen molar-refractivity contribution in [3.8, 4) is 0 Å².